The first-order chi connectivity index (χ1) is 23.3. The number of carboxylic acids is 2. The summed E-state index contributed by atoms with van der Waals surface area (Å²) in [5.74, 6) is -4.03. The van der Waals surface area contributed by atoms with Crippen molar-refractivity contribution in [2.45, 2.75) is 160 Å². The van der Waals surface area contributed by atoms with E-state index in [-0.39, 0.29) is 31.3 Å². The molecule has 2 aliphatic rings. The minimum atomic E-state index is -1.93. The molecular weight excluding hydrogens is 652 g/mol. The van der Waals surface area contributed by atoms with Crippen molar-refractivity contribution in [2.75, 3.05) is 19.6 Å². The van der Waals surface area contributed by atoms with Gasteiger partial charge in [0.2, 0.25) is 11.8 Å². The van der Waals surface area contributed by atoms with Crippen molar-refractivity contribution in [2.24, 2.45) is 5.92 Å². The summed E-state index contributed by atoms with van der Waals surface area (Å²) >= 11 is 0. The van der Waals surface area contributed by atoms with E-state index in [2.05, 4.69) is 10.6 Å². The van der Waals surface area contributed by atoms with Crippen LogP contribution in [0.2, 0.25) is 0 Å². The Morgan fingerprint density at radius 1 is 0.800 bits per heavy atom. The number of carboxylic acid groups (broad SMARTS) is 2. The SMILES string of the molecule is CC(C)(C)OC(=O)NCCCC[C@H](NC(=O)CN(C(=O)[C@@H](CC1CCCCC1)N(CC(=O)O)C(=O)OC(C)(C)C)C1CCCC1)C(O)C(=O)O. The van der Waals surface area contributed by atoms with Crippen molar-refractivity contribution >= 4 is 35.9 Å². The molecule has 286 valence electrons. The second-order valence-electron chi connectivity index (χ2n) is 15.5. The van der Waals surface area contributed by atoms with Gasteiger partial charge in [-0.05, 0) is 86.0 Å². The Hall–Kier alpha value is -3.62. The number of alkyl carbamates (subject to hydrolysis) is 1. The Labute approximate surface area is 295 Å². The summed E-state index contributed by atoms with van der Waals surface area (Å²) in [4.78, 5) is 79.6. The van der Waals surface area contributed by atoms with Crippen LogP contribution in [-0.4, -0.2) is 116 Å². The van der Waals surface area contributed by atoms with Crippen LogP contribution in [0, 0.1) is 5.92 Å². The first-order valence-electron chi connectivity index (χ1n) is 18.0. The van der Waals surface area contributed by atoms with E-state index in [4.69, 9.17) is 9.47 Å². The Morgan fingerprint density at radius 3 is 1.92 bits per heavy atom. The zero-order valence-electron chi connectivity index (χ0n) is 30.7. The molecule has 15 nitrogen and oxygen atoms in total. The molecule has 0 aromatic rings. The van der Waals surface area contributed by atoms with Gasteiger partial charge in [0.05, 0.1) is 12.6 Å². The van der Waals surface area contributed by atoms with Crippen molar-refractivity contribution in [3.8, 4) is 0 Å². The number of rotatable bonds is 17. The summed E-state index contributed by atoms with van der Waals surface area (Å²) in [6.45, 7) is 9.15. The summed E-state index contributed by atoms with van der Waals surface area (Å²) in [7, 11) is 0. The standard InChI is InChI=1S/C35H60N4O11/c1-34(2,3)49-32(47)36-19-13-12-18-25(29(43)31(45)46)37-27(40)21-38(24-16-10-11-17-24)30(44)26(20-23-14-8-7-9-15-23)39(22-28(41)42)33(48)50-35(4,5)6/h23-26,29,43H,7-22H2,1-6H3,(H,36,47)(H,37,40)(H,41,42)(H,45,46)/t25-,26+,29?/m0/s1. The maximum atomic E-state index is 14.6. The van der Waals surface area contributed by atoms with E-state index < -0.39 is 78.4 Å². The molecule has 0 bridgehead atoms. The van der Waals surface area contributed by atoms with Crippen LogP contribution >= 0.6 is 0 Å². The molecule has 2 saturated carbocycles. The number of carbonyl (C=O) groups excluding carboxylic acids is 4. The van der Waals surface area contributed by atoms with Crippen LogP contribution < -0.4 is 10.6 Å². The highest BCUT2D eigenvalue weighted by Gasteiger charge is 2.41. The summed E-state index contributed by atoms with van der Waals surface area (Å²) in [6.07, 6.45) is 5.03. The number of amides is 4. The molecule has 0 radical (unpaired) electrons. The van der Waals surface area contributed by atoms with Crippen LogP contribution in [0.15, 0.2) is 0 Å². The largest absolute Gasteiger partial charge is 0.480 e. The minimum Gasteiger partial charge on any atom is -0.480 e. The van der Waals surface area contributed by atoms with Gasteiger partial charge in [-0.25, -0.2) is 14.4 Å². The van der Waals surface area contributed by atoms with Crippen LogP contribution in [0.1, 0.15) is 125 Å². The Morgan fingerprint density at radius 2 is 1.38 bits per heavy atom. The molecule has 2 rings (SSSR count). The lowest BCUT2D eigenvalue weighted by Gasteiger charge is -2.39. The fourth-order valence-corrected chi connectivity index (χ4v) is 6.54. The lowest BCUT2D eigenvalue weighted by molar-refractivity contribution is -0.150. The number of aliphatic carboxylic acids is 2. The molecule has 50 heavy (non-hydrogen) atoms. The van der Waals surface area contributed by atoms with Gasteiger partial charge in [-0.1, -0.05) is 44.9 Å². The van der Waals surface area contributed by atoms with Gasteiger partial charge in [0.15, 0.2) is 6.10 Å². The number of ether oxygens (including phenoxy) is 2. The molecule has 2 aliphatic carbocycles. The molecule has 0 aromatic heterocycles. The first kappa shape index (κ1) is 42.5. The highest BCUT2D eigenvalue weighted by Crippen LogP contribution is 2.32. The van der Waals surface area contributed by atoms with E-state index >= 15 is 0 Å². The molecular formula is C35H60N4O11. The van der Waals surface area contributed by atoms with Gasteiger partial charge in [-0.2, -0.15) is 0 Å². The predicted octanol–water partition coefficient (Wildman–Crippen LogP) is 4.04. The molecule has 0 heterocycles. The number of aliphatic hydroxyl groups is 1. The molecule has 0 saturated heterocycles. The smallest absolute Gasteiger partial charge is 0.411 e. The summed E-state index contributed by atoms with van der Waals surface area (Å²) in [6, 6.07) is -2.74. The minimum absolute atomic E-state index is 0.0654. The van der Waals surface area contributed by atoms with E-state index in [0.29, 0.717) is 25.7 Å². The highest BCUT2D eigenvalue weighted by molar-refractivity contribution is 5.91. The Balaban J connectivity index is 2.28. The number of hydrogen-bond donors (Lipinski definition) is 5. The zero-order valence-corrected chi connectivity index (χ0v) is 30.7. The van der Waals surface area contributed by atoms with Gasteiger partial charge < -0.3 is 40.3 Å². The van der Waals surface area contributed by atoms with Crippen molar-refractivity contribution in [1.29, 1.82) is 0 Å². The van der Waals surface area contributed by atoms with Gasteiger partial charge in [-0.3, -0.25) is 19.3 Å². The van der Waals surface area contributed by atoms with Crippen molar-refractivity contribution in [3.63, 3.8) is 0 Å². The van der Waals surface area contributed by atoms with Crippen molar-refractivity contribution in [1.82, 2.24) is 20.4 Å². The molecule has 0 aromatic carbocycles. The third-order valence-electron chi connectivity index (χ3n) is 8.83. The Kier molecular flexibility index (Phi) is 16.8. The molecule has 0 aliphatic heterocycles. The third-order valence-corrected chi connectivity index (χ3v) is 8.83. The van der Waals surface area contributed by atoms with E-state index in [1.165, 1.54) is 4.90 Å². The number of aliphatic hydroxyl groups excluding tert-OH is 1. The van der Waals surface area contributed by atoms with Crippen molar-refractivity contribution in [3.05, 3.63) is 0 Å². The van der Waals surface area contributed by atoms with Gasteiger partial charge in [0, 0.05) is 12.6 Å². The number of hydrogen-bond acceptors (Lipinski definition) is 9. The average molecular weight is 713 g/mol. The summed E-state index contributed by atoms with van der Waals surface area (Å²) in [5, 5.41) is 35.0. The summed E-state index contributed by atoms with van der Waals surface area (Å²) < 4.78 is 10.8. The topological polar surface area (TPSA) is 212 Å². The fraction of sp³-hybridized carbons (Fsp3) is 0.829. The number of nitrogens with zero attached hydrogens (tertiary/aromatic N) is 2. The predicted molar refractivity (Wildman–Crippen MR) is 183 cm³/mol. The van der Waals surface area contributed by atoms with Crippen LogP contribution in [0.4, 0.5) is 9.59 Å². The molecule has 1 unspecified atom stereocenters. The van der Waals surface area contributed by atoms with Crippen LogP contribution in [0.5, 0.6) is 0 Å². The fourth-order valence-electron chi connectivity index (χ4n) is 6.54. The van der Waals surface area contributed by atoms with Gasteiger partial charge in [-0.15, -0.1) is 0 Å². The third kappa shape index (κ3) is 15.5. The maximum absolute atomic E-state index is 14.6. The molecule has 5 N–H and O–H groups in total. The lowest BCUT2D eigenvalue weighted by atomic mass is 9.84. The summed E-state index contributed by atoms with van der Waals surface area (Å²) in [5.41, 5.74) is -1.62. The van der Waals surface area contributed by atoms with Gasteiger partial charge in [0.25, 0.3) is 0 Å². The normalized spacial score (nSPS) is 17.6. The van der Waals surface area contributed by atoms with Gasteiger partial charge >= 0.3 is 24.1 Å². The Bertz CT molecular complexity index is 1150. The monoisotopic (exact) mass is 712 g/mol. The van der Waals surface area contributed by atoms with Gasteiger partial charge in [0.1, 0.15) is 23.8 Å². The van der Waals surface area contributed by atoms with Crippen LogP contribution in [0.3, 0.4) is 0 Å². The van der Waals surface area contributed by atoms with Crippen LogP contribution in [0.25, 0.3) is 0 Å². The molecule has 15 heteroatoms. The van der Waals surface area contributed by atoms with E-state index in [0.717, 1.165) is 49.8 Å². The number of carbonyl (C=O) groups is 6. The molecule has 2 fully saturated rings. The molecule has 4 amide bonds. The first-order valence-corrected chi connectivity index (χ1v) is 18.0. The highest BCUT2D eigenvalue weighted by atomic mass is 16.6. The number of nitrogens with one attached hydrogen (secondary N) is 2. The van der Waals surface area contributed by atoms with Crippen LogP contribution in [-0.2, 0) is 28.7 Å². The number of unbranched alkanes of at least 4 members (excludes halogenated alkanes) is 1. The van der Waals surface area contributed by atoms with E-state index in [9.17, 15) is 44.1 Å². The van der Waals surface area contributed by atoms with E-state index in [1.54, 1.807) is 41.5 Å². The van der Waals surface area contributed by atoms with E-state index in [1.807, 2.05) is 0 Å². The lowest BCUT2D eigenvalue weighted by Crippen LogP contribution is -2.58. The molecule has 0 spiro atoms. The maximum Gasteiger partial charge on any atom is 0.411 e. The average Bonchev–Trinajstić information content (AvgIpc) is 3.53. The second kappa shape index (κ2) is 19.7. The van der Waals surface area contributed by atoms with Crippen molar-refractivity contribution < 1.29 is 53.6 Å². The quantitative estimate of drug-likeness (QED) is 0.136. The second-order valence-corrected chi connectivity index (χ2v) is 15.5. The zero-order chi connectivity index (χ0) is 37.6. The molecule has 3 atom stereocenters.